The van der Waals surface area contributed by atoms with E-state index in [1.54, 1.807) is 0 Å². The number of unbranched alkanes of at least 4 members (excludes halogenated alkanes) is 3. The first-order valence-electron chi connectivity index (χ1n) is 7.32. The average Bonchev–Trinajstić information content (AvgIpc) is 2.88. The molecule has 18 heavy (non-hydrogen) atoms. The largest absolute Gasteiger partial charge is 0.355 e. The van der Waals surface area contributed by atoms with Crippen LogP contribution in [0.1, 0.15) is 51.4 Å². The Morgan fingerprint density at radius 3 is 2.61 bits per heavy atom. The van der Waals surface area contributed by atoms with E-state index in [1.807, 2.05) is 11.8 Å². The van der Waals surface area contributed by atoms with E-state index in [1.165, 1.54) is 50.7 Å². The van der Waals surface area contributed by atoms with E-state index in [2.05, 4.69) is 16.9 Å². The van der Waals surface area contributed by atoms with E-state index in [0.29, 0.717) is 12.6 Å². The van der Waals surface area contributed by atoms with Crippen molar-refractivity contribution in [3.8, 4) is 0 Å². The van der Waals surface area contributed by atoms with Gasteiger partial charge in [-0.25, -0.2) is 0 Å². The second-order valence-corrected chi connectivity index (χ2v) is 6.10. The van der Waals surface area contributed by atoms with E-state index < -0.39 is 0 Å². The lowest BCUT2D eigenvalue weighted by molar-refractivity contribution is -0.120. The van der Waals surface area contributed by atoms with Gasteiger partial charge in [0.25, 0.3) is 0 Å². The SMILES string of the molecule is CSCCCCCCNC(=O)CNC1CCCC1. The van der Waals surface area contributed by atoms with Crippen molar-refractivity contribution >= 4 is 17.7 Å². The molecule has 0 aromatic rings. The number of nitrogens with one attached hydrogen (secondary N) is 2. The normalized spacial score (nSPS) is 16.1. The van der Waals surface area contributed by atoms with Gasteiger partial charge in [0.2, 0.25) is 5.91 Å². The quantitative estimate of drug-likeness (QED) is 0.601. The van der Waals surface area contributed by atoms with Gasteiger partial charge in [-0.15, -0.1) is 0 Å². The van der Waals surface area contributed by atoms with Crippen molar-refractivity contribution in [2.45, 2.75) is 57.4 Å². The molecule has 0 radical (unpaired) electrons. The standard InChI is InChI=1S/C14H28N2OS/c1-18-11-7-3-2-6-10-15-14(17)12-16-13-8-4-5-9-13/h13,16H,2-12H2,1H3,(H,15,17). The van der Waals surface area contributed by atoms with Gasteiger partial charge in [-0.3, -0.25) is 4.79 Å². The molecule has 0 aromatic heterocycles. The smallest absolute Gasteiger partial charge is 0.233 e. The second kappa shape index (κ2) is 10.7. The van der Waals surface area contributed by atoms with Crippen molar-refractivity contribution in [1.29, 1.82) is 0 Å². The van der Waals surface area contributed by atoms with Crippen LogP contribution < -0.4 is 10.6 Å². The van der Waals surface area contributed by atoms with E-state index in [9.17, 15) is 4.79 Å². The Balaban J connectivity index is 1.84. The Morgan fingerprint density at radius 2 is 1.89 bits per heavy atom. The molecule has 0 bridgehead atoms. The third-order valence-corrected chi connectivity index (χ3v) is 4.20. The molecule has 0 unspecified atom stereocenters. The number of rotatable bonds is 10. The van der Waals surface area contributed by atoms with Crippen molar-refractivity contribution in [1.82, 2.24) is 10.6 Å². The second-order valence-electron chi connectivity index (χ2n) is 5.12. The Hall–Kier alpha value is -0.220. The van der Waals surface area contributed by atoms with Crippen molar-refractivity contribution in [3.05, 3.63) is 0 Å². The van der Waals surface area contributed by atoms with Gasteiger partial charge in [-0.1, -0.05) is 25.7 Å². The first-order valence-corrected chi connectivity index (χ1v) is 8.71. The first-order chi connectivity index (χ1) is 8.83. The molecule has 1 rings (SSSR count). The third kappa shape index (κ3) is 7.98. The van der Waals surface area contributed by atoms with E-state index >= 15 is 0 Å². The molecule has 1 fully saturated rings. The number of hydrogen-bond donors (Lipinski definition) is 2. The van der Waals surface area contributed by atoms with Gasteiger partial charge in [-0.2, -0.15) is 11.8 Å². The van der Waals surface area contributed by atoms with Crippen LogP contribution in [-0.4, -0.2) is 37.0 Å². The van der Waals surface area contributed by atoms with Crippen LogP contribution in [0.15, 0.2) is 0 Å². The third-order valence-electron chi connectivity index (χ3n) is 3.50. The van der Waals surface area contributed by atoms with Crippen LogP contribution in [0.3, 0.4) is 0 Å². The first kappa shape index (κ1) is 15.8. The topological polar surface area (TPSA) is 41.1 Å². The molecule has 1 aliphatic rings. The van der Waals surface area contributed by atoms with Crippen LogP contribution in [0.5, 0.6) is 0 Å². The van der Waals surface area contributed by atoms with Crippen molar-refractivity contribution in [2.75, 3.05) is 25.1 Å². The highest BCUT2D eigenvalue weighted by Crippen LogP contribution is 2.17. The van der Waals surface area contributed by atoms with Crippen LogP contribution in [0, 0.1) is 0 Å². The summed E-state index contributed by atoms with van der Waals surface area (Å²) in [4.78, 5) is 11.6. The minimum absolute atomic E-state index is 0.158. The monoisotopic (exact) mass is 272 g/mol. The van der Waals surface area contributed by atoms with Crippen LogP contribution in [0.25, 0.3) is 0 Å². The maximum atomic E-state index is 11.6. The molecule has 4 heteroatoms. The molecule has 2 N–H and O–H groups in total. The summed E-state index contributed by atoms with van der Waals surface area (Å²) in [6.07, 6.45) is 12.2. The molecular formula is C14H28N2OS. The summed E-state index contributed by atoms with van der Waals surface area (Å²) >= 11 is 1.91. The molecule has 0 aliphatic heterocycles. The fourth-order valence-corrected chi connectivity index (χ4v) is 2.88. The zero-order chi connectivity index (χ0) is 13.1. The average molecular weight is 272 g/mol. The maximum Gasteiger partial charge on any atom is 0.233 e. The highest BCUT2D eigenvalue weighted by Gasteiger charge is 2.14. The maximum absolute atomic E-state index is 11.6. The van der Waals surface area contributed by atoms with Gasteiger partial charge >= 0.3 is 0 Å². The Labute approximate surface area is 116 Å². The fourth-order valence-electron chi connectivity index (χ4n) is 2.38. The van der Waals surface area contributed by atoms with Gasteiger partial charge in [0, 0.05) is 12.6 Å². The number of hydrogen-bond acceptors (Lipinski definition) is 3. The van der Waals surface area contributed by atoms with Crippen LogP contribution in [0.4, 0.5) is 0 Å². The van der Waals surface area contributed by atoms with Crippen LogP contribution >= 0.6 is 11.8 Å². The lowest BCUT2D eigenvalue weighted by Crippen LogP contribution is -2.38. The molecule has 0 spiro atoms. The summed E-state index contributed by atoms with van der Waals surface area (Å²) in [5.41, 5.74) is 0. The Morgan fingerprint density at radius 1 is 1.17 bits per heavy atom. The molecule has 0 heterocycles. The number of carbonyl (C=O) groups excluding carboxylic acids is 1. The van der Waals surface area contributed by atoms with E-state index in [-0.39, 0.29) is 5.91 Å². The predicted molar refractivity (Wildman–Crippen MR) is 80.1 cm³/mol. The molecule has 1 saturated carbocycles. The summed E-state index contributed by atoms with van der Waals surface area (Å²) in [5, 5.41) is 6.33. The molecule has 0 atom stereocenters. The molecule has 3 nitrogen and oxygen atoms in total. The summed E-state index contributed by atoms with van der Waals surface area (Å²) in [7, 11) is 0. The summed E-state index contributed by atoms with van der Waals surface area (Å²) in [6, 6.07) is 0.585. The molecule has 1 aliphatic carbocycles. The molecule has 1 amide bonds. The van der Waals surface area contributed by atoms with Crippen LogP contribution in [-0.2, 0) is 4.79 Å². The minimum Gasteiger partial charge on any atom is -0.355 e. The number of thioether (sulfide) groups is 1. The molecular weight excluding hydrogens is 244 g/mol. The summed E-state index contributed by atoms with van der Waals surface area (Å²) in [5.74, 6) is 1.42. The zero-order valence-electron chi connectivity index (χ0n) is 11.7. The molecule has 0 saturated heterocycles. The van der Waals surface area contributed by atoms with Gasteiger partial charge in [0.05, 0.1) is 6.54 Å². The summed E-state index contributed by atoms with van der Waals surface area (Å²) in [6.45, 7) is 1.33. The van der Waals surface area contributed by atoms with Crippen molar-refractivity contribution < 1.29 is 4.79 Å². The molecule has 0 aromatic carbocycles. The van der Waals surface area contributed by atoms with Gasteiger partial charge in [0.15, 0.2) is 0 Å². The Bertz CT molecular complexity index is 218. The van der Waals surface area contributed by atoms with Gasteiger partial charge < -0.3 is 10.6 Å². The zero-order valence-corrected chi connectivity index (χ0v) is 12.5. The summed E-state index contributed by atoms with van der Waals surface area (Å²) < 4.78 is 0. The van der Waals surface area contributed by atoms with Crippen molar-refractivity contribution in [3.63, 3.8) is 0 Å². The van der Waals surface area contributed by atoms with Gasteiger partial charge in [0.1, 0.15) is 0 Å². The molecule has 106 valence electrons. The number of amides is 1. The minimum atomic E-state index is 0.158. The fraction of sp³-hybridized carbons (Fsp3) is 0.929. The lowest BCUT2D eigenvalue weighted by Gasteiger charge is -2.11. The van der Waals surface area contributed by atoms with Crippen LogP contribution in [0.2, 0.25) is 0 Å². The van der Waals surface area contributed by atoms with Gasteiger partial charge in [-0.05, 0) is 37.7 Å². The van der Waals surface area contributed by atoms with E-state index in [0.717, 1.165) is 13.0 Å². The van der Waals surface area contributed by atoms with E-state index in [4.69, 9.17) is 0 Å². The number of carbonyl (C=O) groups is 1. The lowest BCUT2D eigenvalue weighted by atomic mass is 10.2. The predicted octanol–water partition coefficient (Wildman–Crippen LogP) is 2.56. The Kier molecular flexibility index (Phi) is 9.40. The highest BCUT2D eigenvalue weighted by molar-refractivity contribution is 7.98. The highest BCUT2D eigenvalue weighted by atomic mass is 32.2. The van der Waals surface area contributed by atoms with Crippen molar-refractivity contribution in [2.24, 2.45) is 0 Å².